The Morgan fingerprint density at radius 3 is 3.00 bits per heavy atom. The van der Waals surface area contributed by atoms with Gasteiger partial charge in [0.25, 0.3) is 0 Å². The molecule has 0 amide bonds. The van der Waals surface area contributed by atoms with Gasteiger partial charge in [-0.05, 0) is 31.7 Å². The number of hydrogen-bond donors (Lipinski definition) is 1. The molecule has 0 spiro atoms. The van der Waals surface area contributed by atoms with Crippen LogP contribution in [0.25, 0.3) is 11.4 Å². The van der Waals surface area contributed by atoms with E-state index in [-0.39, 0.29) is 6.04 Å². The highest BCUT2D eigenvalue weighted by molar-refractivity contribution is 5.55. The van der Waals surface area contributed by atoms with Gasteiger partial charge in [0.2, 0.25) is 11.7 Å². The molecular formula is C14H17N3O. The predicted molar refractivity (Wildman–Crippen MR) is 68.9 cm³/mol. The summed E-state index contributed by atoms with van der Waals surface area (Å²) < 4.78 is 5.27. The van der Waals surface area contributed by atoms with Gasteiger partial charge in [-0.1, -0.05) is 28.9 Å². The van der Waals surface area contributed by atoms with Crippen molar-refractivity contribution >= 4 is 0 Å². The Morgan fingerprint density at radius 2 is 2.28 bits per heavy atom. The van der Waals surface area contributed by atoms with Crippen LogP contribution >= 0.6 is 0 Å². The van der Waals surface area contributed by atoms with Gasteiger partial charge in [0, 0.05) is 18.0 Å². The largest absolute Gasteiger partial charge is 0.339 e. The minimum absolute atomic E-state index is 0.163. The van der Waals surface area contributed by atoms with Crippen molar-refractivity contribution in [3.05, 3.63) is 35.7 Å². The average Bonchev–Trinajstić information content (AvgIpc) is 3.10. The van der Waals surface area contributed by atoms with E-state index in [0.717, 1.165) is 5.56 Å². The van der Waals surface area contributed by atoms with Gasteiger partial charge in [-0.15, -0.1) is 0 Å². The molecule has 1 heterocycles. The Balaban J connectivity index is 1.76. The molecule has 4 nitrogen and oxygen atoms in total. The van der Waals surface area contributed by atoms with Gasteiger partial charge < -0.3 is 10.3 Å². The van der Waals surface area contributed by atoms with Crippen LogP contribution in [0.2, 0.25) is 0 Å². The molecule has 1 fully saturated rings. The highest BCUT2D eigenvalue weighted by Gasteiger charge is 2.29. The zero-order chi connectivity index (χ0) is 12.5. The first kappa shape index (κ1) is 11.4. The summed E-state index contributed by atoms with van der Waals surface area (Å²) in [5.41, 5.74) is 8.23. The van der Waals surface area contributed by atoms with Gasteiger partial charge in [-0.2, -0.15) is 4.98 Å². The van der Waals surface area contributed by atoms with Gasteiger partial charge in [0.05, 0.1) is 0 Å². The van der Waals surface area contributed by atoms with E-state index in [9.17, 15) is 0 Å². The van der Waals surface area contributed by atoms with E-state index in [1.54, 1.807) is 0 Å². The van der Waals surface area contributed by atoms with Crippen molar-refractivity contribution in [3.63, 3.8) is 0 Å². The van der Waals surface area contributed by atoms with Crippen LogP contribution in [0.15, 0.2) is 28.8 Å². The van der Waals surface area contributed by atoms with E-state index >= 15 is 0 Å². The van der Waals surface area contributed by atoms with Crippen LogP contribution in [0, 0.1) is 12.8 Å². The lowest BCUT2D eigenvalue weighted by molar-refractivity contribution is 0.364. The molecule has 0 radical (unpaired) electrons. The van der Waals surface area contributed by atoms with Crippen molar-refractivity contribution in [2.45, 2.75) is 32.2 Å². The number of aromatic nitrogens is 2. The molecule has 1 aromatic carbocycles. The lowest BCUT2D eigenvalue weighted by atomic mass is 10.1. The molecule has 1 aromatic heterocycles. The third-order valence-corrected chi connectivity index (χ3v) is 3.38. The minimum atomic E-state index is 0.163. The van der Waals surface area contributed by atoms with Crippen LogP contribution in [0.4, 0.5) is 0 Å². The van der Waals surface area contributed by atoms with E-state index < -0.39 is 0 Å². The normalized spacial score (nSPS) is 16.8. The van der Waals surface area contributed by atoms with Gasteiger partial charge >= 0.3 is 0 Å². The maximum absolute atomic E-state index is 6.06. The standard InChI is InChI=1S/C14H17N3O/c1-9-3-2-4-11(7-9)14-16-13(18-17-14)8-12(15)10-5-6-10/h2-4,7,10,12H,5-6,8,15H2,1H3. The van der Waals surface area contributed by atoms with Gasteiger partial charge in [-0.3, -0.25) is 0 Å². The predicted octanol–water partition coefficient (Wildman–Crippen LogP) is 2.32. The second-order valence-corrected chi connectivity index (χ2v) is 5.09. The molecule has 4 heteroatoms. The molecule has 1 aliphatic carbocycles. The summed E-state index contributed by atoms with van der Waals surface area (Å²) in [4.78, 5) is 4.41. The Kier molecular flexibility index (Phi) is 2.88. The molecule has 1 aliphatic rings. The first-order valence-corrected chi connectivity index (χ1v) is 6.37. The van der Waals surface area contributed by atoms with E-state index in [0.29, 0.717) is 24.1 Å². The molecule has 18 heavy (non-hydrogen) atoms. The zero-order valence-electron chi connectivity index (χ0n) is 10.5. The molecular weight excluding hydrogens is 226 g/mol. The summed E-state index contributed by atoms with van der Waals surface area (Å²) in [7, 11) is 0. The molecule has 0 bridgehead atoms. The molecule has 1 saturated carbocycles. The third-order valence-electron chi connectivity index (χ3n) is 3.38. The van der Waals surface area contributed by atoms with Gasteiger partial charge in [-0.25, -0.2) is 0 Å². The maximum atomic E-state index is 6.06. The van der Waals surface area contributed by atoms with Crippen LogP contribution in [-0.2, 0) is 6.42 Å². The van der Waals surface area contributed by atoms with Gasteiger partial charge in [0.1, 0.15) is 0 Å². The van der Waals surface area contributed by atoms with E-state index in [1.807, 2.05) is 25.1 Å². The molecule has 0 saturated heterocycles. The molecule has 94 valence electrons. The number of nitrogens with two attached hydrogens (primary N) is 1. The summed E-state index contributed by atoms with van der Waals surface area (Å²) in [5, 5.41) is 4.02. The van der Waals surface area contributed by atoms with Crippen molar-refractivity contribution in [1.29, 1.82) is 0 Å². The Hall–Kier alpha value is -1.68. The zero-order valence-corrected chi connectivity index (χ0v) is 10.5. The lowest BCUT2D eigenvalue weighted by Gasteiger charge is -2.04. The highest BCUT2D eigenvalue weighted by Crippen LogP contribution is 2.32. The van der Waals surface area contributed by atoms with Crippen LogP contribution in [0.5, 0.6) is 0 Å². The van der Waals surface area contributed by atoms with Crippen molar-refractivity contribution in [2.24, 2.45) is 11.7 Å². The Bertz CT molecular complexity index is 545. The average molecular weight is 243 g/mol. The van der Waals surface area contributed by atoms with Crippen LogP contribution in [0.3, 0.4) is 0 Å². The fraction of sp³-hybridized carbons (Fsp3) is 0.429. The van der Waals surface area contributed by atoms with Crippen molar-refractivity contribution in [1.82, 2.24) is 10.1 Å². The maximum Gasteiger partial charge on any atom is 0.228 e. The Labute approximate surface area is 106 Å². The summed E-state index contributed by atoms with van der Waals surface area (Å²) >= 11 is 0. The topological polar surface area (TPSA) is 64.9 Å². The molecule has 0 aliphatic heterocycles. The number of nitrogens with zero attached hydrogens (tertiary/aromatic N) is 2. The molecule has 3 rings (SSSR count). The fourth-order valence-corrected chi connectivity index (χ4v) is 2.13. The summed E-state index contributed by atoms with van der Waals surface area (Å²) in [6.45, 7) is 2.05. The molecule has 1 unspecified atom stereocenters. The van der Waals surface area contributed by atoms with Crippen molar-refractivity contribution in [3.8, 4) is 11.4 Å². The molecule has 2 N–H and O–H groups in total. The van der Waals surface area contributed by atoms with E-state index in [1.165, 1.54) is 18.4 Å². The highest BCUT2D eigenvalue weighted by atomic mass is 16.5. The molecule has 2 aromatic rings. The number of rotatable bonds is 4. The van der Waals surface area contributed by atoms with Crippen LogP contribution in [-0.4, -0.2) is 16.2 Å². The fourth-order valence-electron chi connectivity index (χ4n) is 2.13. The smallest absolute Gasteiger partial charge is 0.228 e. The number of hydrogen-bond acceptors (Lipinski definition) is 4. The summed E-state index contributed by atoms with van der Waals surface area (Å²) in [6, 6.07) is 8.25. The SMILES string of the molecule is Cc1cccc(-c2noc(CC(N)C3CC3)n2)c1. The van der Waals surface area contributed by atoms with Crippen molar-refractivity contribution in [2.75, 3.05) is 0 Å². The lowest BCUT2D eigenvalue weighted by Crippen LogP contribution is -2.25. The van der Waals surface area contributed by atoms with Crippen LogP contribution in [0.1, 0.15) is 24.3 Å². The first-order chi connectivity index (χ1) is 8.72. The first-order valence-electron chi connectivity index (χ1n) is 6.37. The van der Waals surface area contributed by atoms with Crippen molar-refractivity contribution < 1.29 is 4.52 Å². The summed E-state index contributed by atoms with van der Waals surface area (Å²) in [5.74, 6) is 1.95. The van der Waals surface area contributed by atoms with E-state index in [4.69, 9.17) is 10.3 Å². The Morgan fingerprint density at radius 1 is 1.44 bits per heavy atom. The summed E-state index contributed by atoms with van der Waals surface area (Å²) in [6.07, 6.45) is 3.16. The minimum Gasteiger partial charge on any atom is -0.339 e. The second kappa shape index (κ2) is 4.53. The van der Waals surface area contributed by atoms with E-state index in [2.05, 4.69) is 16.2 Å². The number of aryl methyl sites for hydroxylation is 1. The number of benzene rings is 1. The monoisotopic (exact) mass is 243 g/mol. The second-order valence-electron chi connectivity index (χ2n) is 5.09. The molecule has 1 atom stereocenters. The van der Waals surface area contributed by atoms with Crippen LogP contribution < -0.4 is 5.73 Å². The van der Waals surface area contributed by atoms with Gasteiger partial charge in [0.15, 0.2) is 0 Å². The third kappa shape index (κ3) is 2.43. The quantitative estimate of drug-likeness (QED) is 0.895.